The van der Waals surface area contributed by atoms with Gasteiger partial charge in [0.1, 0.15) is 6.10 Å². The van der Waals surface area contributed by atoms with Crippen LogP contribution in [0.1, 0.15) is 22.0 Å². The third-order valence-corrected chi connectivity index (χ3v) is 1.61. The summed E-state index contributed by atoms with van der Waals surface area (Å²) in [6, 6.07) is 5.91. The van der Waals surface area contributed by atoms with Crippen LogP contribution in [0.3, 0.4) is 0 Å². The molecule has 1 rings (SSSR count). The van der Waals surface area contributed by atoms with Gasteiger partial charge >= 0.3 is 5.97 Å². The Kier molecular flexibility index (Phi) is 2.68. The summed E-state index contributed by atoms with van der Waals surface area (Å²) in [5, 5.41) is 17.8. The molecule has 0 fully saturated rings. The van der Waals surface area contributed by atoms with Crippen LogP contribution in [0.15, 0.2) is 24.3 Å². The molecule has 3 nitrogen and oxygen atoms in total. The van der Waals surface area contributed by atoms with Crippen LogP contribution in [-0.2, 0) is 0 Å². The Morgan fingerprint density at radius 3 is 2.77 bits per heavy atom. The first-order chi connectivity index (χ1) is 6.15. The zero-order valence-electron chi connectivity index (χ0n) is 6.77. The zero-order valence-corrected chi connectivity index (χ0v) is 6.77. The van der Waals surface area contributed by atoms with Crippen LogP contribution < -0.4 is 0 Å². The number of terminal acetylenes is 1. The minimum atomic E-state index is -1.04. The number of carboxylic acids is 1. The van der Waals surface area contributed by atoms with E-state index >= 15 is 0 Å². The number of aliphatic hydroxyl groups is 1. The van der Waals surface area contributed by atoms with E-state index in [-0.39, 0.29) is 5.56 Å². The van der Waals surface area contributed by atoms with Crippen LogP contribution in [0.4, 0.5) is 0 Å². The third kappa shape index (κ3) is 2.08. The molecule has 1 aromatic carbocycles. The van der Waals surface area contributed by atoms with Crippen molar-refractivity contribution >= 4 is 5.97 Å². The summed E-state index contributed by atoms with van der Waals surface area (Å²) < 4.78 is 0. The molecule has 0 saturated carbocycles. The minimum absolute atomic E-state index is 0.117. The number of rotatable bonds is 2. The fraction of sp³-hybridized carbons (Fsp3) is 0.100. The van der Waals surface area contributed by atoms with Gasteiger partial charge in [0.25, 0.3) is 0 Å². The molecule has 0 aliphatic heterocycles. The SMILES string of the molecule is C#CC(O)c1cccc(C(=O)O)c1. The predicted octanol–water partition coefficient (Wildman–Crippen LogP) is 1.05. The summed E-state index contributed by atoms with van der Waals surface area (Å²) in [6.45, 7) is 0. The molecule has 1 unspecified atom stereocenters. The number of hydrogen-bond acceptors (Lipinski definition) is 2. The maximum atomic E-state index is 10.5. The highest BCUT2D eigenvalue weighted by Crippen LogP contribution is 2.13. The molecule has 0 heterocycles. The number of carboxylic acid groups (broad SMARTS) is 1. The number of benzene rings is 1. The molecule has 13 heavy (non-hydrogen) atoms. The quantitative estimate of drug-likeness (QED) is 0.662. The second-order valence-electron chi connectivity index (χ2n) is 2.50. The Labute approximate surface area is 75.6 Å². The van der Waals surface area contributed by atoms with Crippen LogP contribution in [0, 0.1) is 12.3 Å². The molecular weight excluding hydrogens is 168 g/mol. The summed E-state index contributed by atoms with van der Waals surface area (Å²) in [7, 11) is 0. The van der Waals surface area contributed by atoms with E-state index in [0.29, 0.717) is 5.56 Å². The number of carbonyl (C=O) groups is 1. The van der Waals surface area contributed by atoms with E-state index in [4.69, 9.17) is 11.5 Å². The van der Waals surface area contributed by atoms with Crippen molar-refractivity contribution in [3.8, 4) is 12.3 Å². The van der Waals surface area contributed by atoms with Gasteiger partial charge in [-0.1, -0.05) is 18.1 Å². The van der Waals surface area contributed by atoms with Crippen molar-refractivity contribution in [2.75, 3.05) is 0 Å². The van der Waals surface area contributed by atoms with Crippen molar-refractivity contribution in [1.82, 2.24) is 0 Å². The Morgan fingerprint density at radius 2 is 2.23 bits per heavy atom. The molecule has 1 aromatic rings. The van der Waals surface area contributed by atoms with Crippen LogP contribution in [0.2, 0.25) is 0 Å². The molecule has 0 aliphatic carbocycles. The van der Waals surface area contributed by atoms with E-state index in [0.717, 1.165) is 0 Å². The van der Waals surface area contributed by atoms with Crippen molar-refractivity contribution in [3.05, 3.63) is 35.4 Å². The average Bonchev–Trinajstić information content (AvgIpc) is 2.17. The summed E-state index contributed by atoms with van der Waals surface area (Å²) in [4.78, 5) is 10.5. The average molecular weight is 176 g/mol. The first-order valence-corrected chi connectivity index (χ1v) is 3.62. The first-order valence-electron chi connectivity index (χ1n) is 3.62. The Hall–Kier alpha value is -1.79. The maximum Gasteiger partial charge on any atom is 0.335 e. The number of aromatic carboxylic acids is 1. The Bertz CT molecular complexity index is 363. The summed E-state index contributed by atoms with van der Waals surface area (Å²) >= 11 is 0. The minimum Gasteiger partial charge on any atom is -0.478 e. The molecule has 0 saturated heterocycles. The third-order valence-electron chi connectivity index (χ3n) is 1.61. The van der Waals surface area contributed by atoms with E-state index in [9.17, 15) is 9.90 Å². The molecule has 66 valence electrons. The Balaban J connectivity index is 3.07. The highest BCUT2D eigenvalue weighted by molar-refractivity contribution is 5.87. The maximum absolute atomic E-state index is 10.5. The van der Waals surface area contributed by atoms with Crippen molar-refractivity contribution in [3.63, 3.8) is 0 Å². The van der Waals surface area contributed by atoms with Crippen LogP contribution in [-0.4, -0.2) is 16.2 Å². The van der Waals surface area contributed by atoms with Crippen LogP contribution in [0.5, 0.6) is 0 Å². The van der Waals surface area contributed by atoms with Crippen LogP contribution >= 0.6 is 0 Å². The second-order valence-corrected chi connectivity index (χ2v) is 2.50. The molecule has 2 N–H and O–H groups in total. The van der Waals surface area contributed by atoms with Crippen molar-refractivity contribution in [1.29, 1.82) is 0 Å². The van der Waals surface area contributed by atoms with E-state index in [1.807, 2.05) is 0 Å². The predicted molar refractivity (Wildman–Crippen MR) is 47.2 cm³/mol. The molecule has 0 spiro atoms. The number of hydrogen-bond donors (Lipinski definition) is 2. The first kappa shape index (κ1) is 9.30. The molecule has 0 bridgehead atoms. The van der Waals surface area contributed by atoms with Gasteiger partial charge < -0.3 is 10.2 Å². The van der Waals surface area contributed by atoms with Gasteiger partial charge in [0.05, 0.1) is 5.56 Å². The lowest BCUT2D eigenvalue weighted by molar-refractivity contribution is 0.0696. The molecule has 0 radical (unpaired) electrons. The molecule has 0 aromatic heterocycles. The van der Waals surface area contributed by atoms with E-state index in [1.165, 1.54) is 12.1 Å². The molecule has 0 aliphatic rings. The summed E-state index contributed by atoms with van der Waals surface area (Å²) in [6.07, 6.45) is 3.94. The molecule has 1 atom stereocenters. The zero-order chi connectivity index (χ0) is 9.84. The monoisotopic (exact) mass is 176 g/mol. The van der Waals surface area contributed by atoms with Crippen molar-refractivity contribution in [2.45, 2.75) is 6.10 Å². The van der Waals surface area contributed by atoms with Gasteiger partial charge in [-0.05, 0) is 17.7 Å². The largest absolute Gasteiger partial charge is 0.478 e. The van der Waals surface area contributed by atoms with Gasteiger partial charge in [-0.2, -0.15) is 0 Å². The van der Waals surface area contributed by atoms with Crippen LogP contribution in [0.25, 0.3) is 0 Å². The fourth-order valence-electron chi connectivity index (χ4n) is 0.938. The number of aliphatic hydroxyl groups excluding tert-OH is 1. The van der Waals surface area contributed by atoms with E-state index < -0.39 is 12.1 Å². The lowest BCUT2D eigenvalue weighted by Crippen LogP contribution is -1.99. The van der Waals surface area contributed by atoms with E-state index in [1.54, 1.807) is 12.1 Å². The molecule has 3 heteroatoms. The molecule has 0 amide bonds. The second kappa shape index (κ2) is 3.74. The van der Waals surface area contributed by atoms with Gasteiger partial charge in [0.15, 0.2) is 0 Å². The lowest BCUT2D eigenvalue weighted by Gasteiger charge is -2.03. The highest BCUT2D eigenvalue weighted by Gasteiger charge is 2.07. The topological polar surface area (TPSA) is 57.5 Å². The van der Waals surface area contributed by atoms with Gasteiger partial charge in [0.2, 0.25) is 0 Å². The van der Waals surface area contributed by atoms with Crippen molar-refractivity contribution in [2.24, 2.45) is 0 Å². The van der Waals surface area contributed by atoms with Gasteiger partial charge in [-0.15, -0.1) is 6.42 Å². The molecular formula is C10H8O3. The summed E-state index contributed by atoms with van der Waals surface area (Å²) in [5.41, 5.74) is 0.536. The van der Waals surface area contributed by atoms with Gasteiger partial charge in [-0.25, -0.2) is 4.79 Å². The van der Waals surface area contributed by atoms with E-state index in [2.05, 4.69) is 5.92 Å². The summed E-state index contributed by atoms with van der Waals surface area (Å²) in [5.74, 6) is 1.07. The van der Waals surface area contributed by atoms with Crippen molar-refractivity contribution < 1.29 is 15.0 Å². The highest BCUT2D eigenvalue weighted by atomic mass is 16.4. The van der Waals surface area contributed by atoms with Gasteiger partial charge in [0, 0.05) is 0 Å². The normalized spacial score (nSPS) is 11.7. The standard InChI is InChI=1S/C10H8O3/c1-2-9(11)7-4-3-5-8(6-7)10(12)13/h1,3-6,9,11H,(H,12,13). The fourth-order valence-corrected chi connectivity index (χ4v) is 0.938. The van der Waals surface area contributed by atoms with Gasteiger partial charge in [-0.3, -0.25) is 0 Å². The lowest BCUT2D eigenvalue weighted by atomic mass is 10.1. The Morgan fingerprint density at radius 1 is 1.54 bits per heavy atom. The smallest absolute Gasteiger partial charge is 0.335 e.